The van der Waals surface area contributed by atoms with Gasteiger partial charge in [-0.15, -0.1) is 0 Å². The van der Waals surface area contributed by atoms with Crippen molar-refractivity contribution in [1.29, 1.82) is 0 Å². The molecular formula is C25H25FN4O5. The maximum Gasteiger partial charge on any atom is 0.296 e. The Bertz CT molecular complexity index is 1290. The van der Waals surface area contributed by atoms with Gasteiger partial charge >= 0.3 is 0 Å². The number of rotatable bonds is 6. The molecule has 1 aliphatic heterocycles. The van der Waals surface area contributed by atoms with Crippen molar-refractivity contribution in [3.63, 3.8) is 0 Å². The van der Waals surface area contributed by atoms with Crippen LogP contribution >= 0.6 is 0 Å². The highest BCUT2D eigenvalue weighted by molar-refractivity contribution is 5.95. The molecule has 2 atom stereocenters. The first-order valence-corrected chi connectivity index (χ1v) is 11.0. The van der Waals surface area contributed by atoms with E-state index in [0.29, 0.717) is 17.5 Å². The van der Waals surface area contributed by atoms with Crippen LogP contribution in [0.1, 0.15) is 44.7 Å². The van der Waals surface area contributed by atoms with Gasteiger partial charge in [-0.05, 0) is 29.8 Å². The van der Waals surface area contributed by atoms with E-state index in [0.717, 1.165) is 4.57 Å². The second kappa shape index (κ2) is 10.1. The van der Waals surface area contributed by atoms with Crippen LogP contribution in [0.5, 0.6) is 5.75 Å². The summed E-state index contributed by atoms with van der Waals surface area (Å²) in [5.74, 6) is -2.08. The fourth-order valence-corrected chi connectivity index (χ4v) is 4.12. The molecule has 2 amide bonds. The second-order valence-electron chi connectivity index (χ2n) is 8.27. The minimum absolute atomic E-state index is 0.0402. The van der Waals surface area contributed by atoms with Crippen LogP contribution in [0.3, 0.4) is 0 Å². The predicted octanol–water partition coefficient (Wildman–Crippen LogP) is 2.16. The summed E-state index contributed by atoms with van der Waals surface area (Å²) >= 11 is 0. The van der Waals surface area contributed by atoms with Crippen molar-refractivity contribution in [2.75, 3.05) is 13.7 Å². The standard InChI is InChI=1S/C25H25FN4O5/c1-29-22(19-12-18(35-2)14-30(19)24(33)16-6-4-3-5-7-16)28-20(21(31)25(29)34)23(32)27-13-15-8-10-17(26)11-9-15/h3-11,18-19,31H,12-14H2,1-2H3,(H,27,32). The molecule has 4 rings (SSSR count). The first-order chi connectivity index (χ1) is 16.8. The minimum atomic E-state index is -0.810. The zero-order valence-corrected chi connectivity index (χ0v) is 19.3. The van der Waals surface area contributed by atoms with E-state index in [9.17, 15) is 23.9 Å². The summed E-state index contributed by atoms with van der Waals surface area (Å²) in [6, 6.07) is 13.6. The summed E-state index contributed by atoms with van der Waals surface area (Å²) in [5, 5.41) is 13.0. The number of ether oxygens (including phenoxy) is 1. The fourth-order valence-electron chi connectivity index (χ4n) is 4.12. The average molecular weight is 480 g/mol. The summed E-state index contributed by atoms with van der Waals surface area (Å²) in [5.41, 5.74) is -0.162. The zero-order valence-electron chi connectivity index (χ0n) is 19.3. The van der Waals surface area contributed by atoms with E-state index in [2.05, 4.69) is 10.3 Å². The Labute approximate surface area is 200 Å². The lowest BCUT2D eigenvalue weighted by molar-refractivity contribution is 0.0682. The Morgan fingerprint density at radius 3 is 2.51 bits per heavy atom. The monoisotopic (exact) mass is 480 g/mol. The molecule has 2 N–H and O–H groups in total. The number of carbonyl (C=O) groups is 2. The molecule has 2 heterocycles. The molecular weight excluding hydrogens is 455 g/mol. The largest absolute Gasteiger partial charge is 0.501 e. The van der Waals surface area contributed by atoms with Crippen LogP contribution in [-0.2, 0) is 18.3 Å². The molecule has 9 nitrogen and oxygen atoms in total. The van der Waals surface area contributed by atoms with Gasteiger partial charge in [-0.2, -0.15) is 0 Å². The van der Waals surface area contributed by atoms with Crippen LogP contribution in [0.4, 0.5) is 4.39 Å². The lowest BCUT2D eigenvalue weighted by atomic mass is 10.1. The molecule has 182 valence electrons. The van der Waals surface area contributed by atoms with E-state index in [4.69, 9.17) is 4.74 Å². The number of carbonyl (C=O) groups excluding carboxylic acids is 2. The van der Waals surface area contributed by atoms with Crippen molar-refractivity contribution in [3.8, 4) is 5.75 Å². The quantitative estimate of drug-likeness (QED) is 0.559. The molecule has 0 aliphatic carbocycles. The highest BCUT2D eigenvalue weighted by Crippen LogP contribution is 2.33. The maximum absolute atomic E-state index is 13.3. The first-order valence-electron chi connectivity index (χ1n) is 11.0. The van der Waals surface area contributed by atoms with Crippen molar-refractivity contribution in [3.05, 3.63) is 93.4 Å². The van der Waals surface area contributed by atoms with E-state index in [1.807, 2.05) is 0 Å². The molecule has 0 saturated carbocycles. The van der Waals surface area contributed by atoms with Gasteiger partial charge in [0.25, 0.3) is 17.4 Å². The molecule has 2 aromatic carbocycles. The van der Waals surface area contributed by atoms with Crippen LogP contribution in [0.15, 0.2) is 59.4 Å². The van der Waals surface area contributed by atoms with Crippen LogP contribution < -0.4 is 10.9 Å². The molecule has 3 aromatic rings. The van der Waals surface area contributed by atoms with E-state index in [1.165, 1.54) is 38.4 Å². The number of halogens is 1. The number of methoxy groups -OCH3 is 1. The third kappa shape index (κ3) is 4.92. The Hall–Kier alpha value is -4.05. The van der Waals surface area contributed by atoms with Gasteiger partial charge in [-0.3, -0.25) is 19.0 Å². The maximum atomic E-state index is 13.3. The summed E-state index contributed by atoms with van der Waals surface area (Å²) in [6.45, 7) is 0.316. The Morgan fingerprint density at radius 2 is 1.86 bits per heavy atom. The van der Waals surface area contributed by atoms with Crippen molar-refractivity contribution in [1.82, 2.24) is 19.8 Å². The van der Waals surface area contributed by atoms with Crippen molar-refractivity contribution in [2.45, 2.75) is 25.1 Å². The van der Waals surface area contributed by atoms with Gasteiger partial charge in [0.05, 0.1) is 12.1 Å². The topological polar surface area (TPSA) is 114 Å². The lowest BCUT2D eigenvalue weighted by Crippen LogP contribution is -2.36. The summed E-state index contributed by atoms with van der Waals surface area (Å²) < 4.78 is 19.7. The van der Waals surface area contributed by atoms with E-state index < -0.39 is 34.8 Å². The molecule has 0 radical (unpaired) electrons. The molecule has 1 aliphatic rings. The van der Waals surface area contributed by atoms with Gasteiger partial charge < -0.3 is 20.1 Å². The van der Waals surface area contributed by atoms with Crippen LogP contribution in [0, 0.1) is 5.82 Å². The number of benzene rings is 2. The molecule has 1 aromatic heterocycles. The van der Waals surface area contributed by atoms with Gasteiger partial charge in [-0.1, -0.05) is 30.3 Å². The number of hydrogen-bond acceptors (Lipinski definition) is 6. The summed E-state index contributed by atoms with van der Waals surface area (Å²) in [7, 11) is 2.96. The number of amides is 2. The van der Waals surface area contributed by atoms with Gasteiger partial charge in [0, 0.05) is 39.2 Å². The van der Waals surface area contributed by atoms with Crippen LogP contribution in [0.2, 0.25) is 0 Å². The summed E-state index contributed by atoms with van der Waals surface area (Å²) in [6.07, 6.45) is 0.0608. The number of nitrogens with zero attached hydrogens (tertiary/aromatic N) is 3. The van der Waals surface area contributed by atoms with E-state index in [-0.39, 0.29) is 30.9 Å². The van der Waals surface area contributed by atoms with E-state index in [1.54, 1.807) is 35.2 Å². The van der Waals surface area contributed by atoms with Gasteiger partial charge in [-0.25, -0.2) is 9.37 Å². The normalized spacial score (nSPS) is 17.4. The fraction of sp³-hybridized carbons (Fsp3) is 0.280. The molecule has 1 saturated heterocycles. The third-order valence-electron chi connectivity index (χ3n) is 6.06. The lowest BCUT2D eigenvalue weighted by Gasteiger charge is -2.25. The minimum Gasteiger partial charge on any atom is -0.501 e. The molecule has 35 heavy (non-hydrogen) atoms. The van der Waals surface area contributed by atoms with Gasteiger partial charge in [0.2, 0.25) is 5.75 Å². The smallest absolute Gasteiger partial charge is 0.296 e. The van der Waals surface area contributed by atoms with Crippen molar-refractivity contribution in [2.24, 2.45) is 7.05 Å². The molecule has 10 heteroatoms. The van der Waals surface area contributed by atoms with E-state index >= 15 is 0 Å². The SMILES string of the molecule is COC1CC(c2nc(C(=O)NCc3ccc(F)cc3)c(O)c(=O)n2C)N(C(=O)c2ccccc2)C1. The highest BCUT2D eigenvalue weighted by atomic mass is 19.1. The van der Waals surface area contributed by atoms with Crippen LogP contribution in [0.25, 0.3) is 0 Å². The van der Waals surface area contributed by atoms with Gasteiger partial charge in [0.15, 0.2) is 5.69 Å². The third-order valence-corrected chi connectivity index (χ3v) is 6.06. The Balaban J connectivity index is 1.66. The number of aromatic nitrogens is 2. The number of nitrogens with one attached hydrogen (secondary N) is 1. The molecule has 1 fully saturated rings. The number of aromatic hydroxyl groups is 1. The first kappa shape index (κ1) is 24.1. The zero-order chi connectivity index (χ0) is 25.1. The number of likely N-dealkylation sites (tertiary alicyclic amines) is 1. The van der Waals surface area contributed by atoms with Crippen molar-refractivity contribution < 1.29 is 23.8 Å². The Kier molecular flexibility index (Phi) is 6.92. The predicted molar refractivity (Wildman–Crippen MR) is 124 cm³/mol. The average Bonchev–Trinajstić information content (AvgIpc) is 3.31. The second-order valence-corrected chi connectivity index (χ2v) is 8.27. The molecule has 2 unspecified atom stereocenters. The summed E-state index contributed by atoms with van der Waals surface area (Å²) in [4.78, 5) is 44.8. The molecule has 0 bridgehead atoms. The van der Waals surface area contributed by atoms with Gasteiger partial charge in [0.1, 0.15) is 11.6 Å². The highest BCUT2D eigenvalue weighted by Gasteiger charge is 2.39. The van der Waals surface area contributed by atoms with Crippen molar-refractivity contribution >= 4 is 11.8 Å². The number of hydrogen-bond donors (Lipinski definition) is 2. The molecule has 0 spiro atoms. The Morgan fingerprint density at radius 1 is 1.17 bits per heavy atom. The van der Waals surface area contributed by atoms with Crippen LogP contribution in [-0.4, -0.2) is 51.1 Å².